The van der Waals surface area contributed by atoms with Crippen LogP contribution < -0.4 is 0 Å². The Balaban J connectivity index is 3.14. The molecular weight excluding hydrogens is 237 g/mol. The molecule has 0 atom stereocenters. The Labute approximate surface area is 75.0 Å². The van der Waals surface area contributed by atoms with Crippen molar-refractivity contribution in [2.24, 2.45) is 0 Å². The predicted octanol–water partition coefficient (Wildman–Crippen LogP) is 2.56. The van der Waals surface area contributed by atoms with E-state index in [1.54, 1.807) is 0 Å². The van der Waals surface area contributed by atoms with Gasteiger partial charge in [0.1, 0.15) is 0 Å². The van der Waals surface area contributed by atoms with E-state index in [0.29, 0.717) is 0 Å². The number of aryl methyl sites for hydroxylation is 2. The van der Waals surface area contributed by atoms with E-state index in [9.17, 15) is 0 Å². The summed E-state index contributed by atoms with van der Waals surface area (Å²) in [5, 5.41) is 0. The van der Waals surface area contributed by atoms with Gasteiger partial charge in [-0.15, -0.1) is 0 Å². The van der Waals surface area contributed by atoms with Crippen molar-refractivity contribution in [1.82, 2.24) is 4.98 Å². The van der Waals surface area contributed by atoms with Crippen molar-refractivity contribution in [2.75, 3.05) is 0 Å². The molecule has 1 aromatic rings. The molecule has 0 aliphatic carbocycles. The molecule has 0 saturated carbocycles. The molecule has 1 aromatic heterocycles. The average molecular weight is 247 g/mol. The summed E-state index contributed by atoms with van der Waals surface area (Å²) in [4.78, 5) is 4.25. The molecule has 0 bridgehead atoms. The van der Waals surface area contributed by atoms with Crippen molar-refractivity contribution in [3.8, 4) is 0 Å². The molecule has 0 aliphatic rings. The lowest BCUT2D eigenvalue weighted by Crippen LogP contribution is -1.92. The van der Waals surface area contributed by atoms with E-state index in [1.165, 1.54) is 14.8 Å². The molecule has 0 amide bonds. The van der Waals surface area contributed by atoms with E-state index in [1.807, 2.05) is 12.3 Å². The number of halogens is 1. The second-order valence-corrected chi connectivity index (χ2v) is 3.32. The van der Waals surface area contributed by atoms with Crippen LogP contribution in [0.4, 0.5) is 0 Å². The molecule has 1 heterocycles. The number of rotatable bonds is 1. The monoisotopic (exact) mass is 247 g/mol. The molecule has 0 fully saturated rings. The molecule has 1 rings (SSSR count). The highest BCUT2D eigenvalue weighted by molar-refractivity contribution is 14.1. The maximum Gasteiger partial charge on any atom is 0.0536 e. The van der Waals surface area contributed by atoms with Crippen LogP contribution in [0.2, 0.25) is 0 Å². The molecule has 54 valence electrons. The van der Waals surface area contributed by atoms with Crippen LogP contribution in [0.15, 0.2) is 12.3 Å². The van der Waals surface area contributed by atoms with Crippen LogP contribution in [0.1, 0.15) is 18.2 Å². The largest absolute Gasteiger partial charge is 0.260 e. The second kappa shape index (κ2) is 3.32. The highest BCUT2D eigenvalue weighted by atomic mass is 127. The summed E-state index contributed by atoms with van der Waals surface area (Å²) >= 11 is 2.34. The molecular formula is C8H10IN. The lowest BCUT2D eigenvalue weighted by Gasteiger charge is -2.01. The van der Waals surface area contributed by atoms with Crippen molar-refractivity contribution in [3.05, 3.63) is 27.1 Å². The van der Waals surface area contributed by atoms with Gasteiger partial charge in [-0.25, -0.2) is 0 Å². The van der Waals surface area contributed by atoms with Crippen LogP contribution in [0.3, 0.4) is 0 Å². The van der Waals surface area contributed by atoms with Gasteiger partial charge in [0.15, 0.2) is 0 Å². The first-order valence-corrected chi connectivity index (χ1v) is 4.43. The van der Waals surface area contributed by atoms with E-state index in [-0.39, 0.29) is 0 Å². The van der Waals surface area contributed by atoms with Crippen molar-refractivity contribution in [2.45, 2.75) is 20.3 Å². The standard InChI is InChI=1S/C8H10IN/c1-3-7-8(9)6(2)4-5-10-7/h4-5H,3H2,1-2H3. The van der Waals surface area contributed by atoms with Gasteiger partial charge in [0.25, 0.3) is 0 Å². The summed E-state index contributed by atoms with van der Waals surface area (Å²) in [5.74, 6) is 0. The fraction of sp³-hybridized carbons (Fsp3) is 0.375. The molecule has 0 saturated heterocycles. The highest BCUT2D eigenvalue weighted by Crippen LogP contribution is 2.13. The highest BCUT2D eigenvalue weighted by Gasteiger charge is 1.99. The van der Waals surface area contributed by atoms with Crippen molar-refractivity contribution in [1.29, 1.82) is 0 Å². The summed E-state index contributed by atoms with van der Waals surface area (Å²) in [6.45, 7) is 4.24. The van der Waals surface area contributed by atoms with Gasteiger partial charge in [0, 0.05) is 9.77 Å². The zero-order valence-electron chi connectivity index (χ0n) is 6.19. The van der Waals surface area contributed by atoms with E-state index in [4.69, 9.17) is 0 Å². The van der Waals surface area contributed by atoms with Crippen molar-refractivity contribution >= 4 is 22.6 Å². The number of aromatic nitrogens is 1. The molecule has 0 radical (unpaired) electrons. The summed E-state index contributed by atoms with van der Waals surface area (Å²) in [6, 6.07) is 2.04. The fourth-order valence-electron chi connectivity index (χ4n) is 0.843. The van der Waals surface area contributed by atoms with E-state index >= 15 is 0 Å². The van der Waals surface area contributed by atoms with Gasteiger partial charge in [0.2, 0.25) is 0 Å². The Kier molecular flexibility index (Phi) is 2.65. The Morgan fingerprint density at radius 3 is 2.80 bits per heavy atom. The average Bonchev–Trinajstić information content (AvgIpc) is 1.95. The fourth-order valence-corrected chi connectivity index (χ4v) is 1.54. The number of hydrogen-bond acceptors (Lipinski definition) is 1. The molecule has 0 aliphatic heterocycles. The Morgan fingerprint density at radius 2 is 2.30 bits per heavy atom. The van der Waals surface area contributed by atoms with Gasteiger partial charge in [-0.2, -0.15) is 0 Å². The number of pyridine rings is 1. The van der Waals surface area contributed by atoms with Crippen LogP contribution in [-0.4, -0.2) is 4.98 Å². The summed E-state index contributed by atoms with van der Waals surface area (Å²) in [6.07, 6.45) is 2.90. The Hall–Kier alpha value is -0.120. The van der Waals surface area contributed by atoms with Crippen LogP contribution in [-0.2, 0) is 6.42 Å². The lowest BCUT2D eigenvalue weighted by atomic mass is 10.2. The minimum atomic E-state index is 1.03. The zero-order valence-corrected chi connectivity index (χ0v) is 8.34. The molecule has 2 heteroatoms. The minimum Gasteiger partial charge on any atom is -0.260 e. The minimum absolute atomic E-state index is 1.03. The first-order chi connectivity index (χ1) is 4.75. The third-order valence-corrected chi connectivity index (χ3v) is 2.96. The molecule has 0 unspecified atom stereocenters. The van der Waals surface area contributed by atoms with Crippen LogP contribution in [0.5, 0.6) is 0 Å². The molecule has 0 aromatic carbocycles. The van der Waals surface area contributed by atoms with Gasteiger partial charge in [-0.3, -0.25) is 4.98 Å². The first kappa shape index (κ1) is 7.98. The van der Waals surface area contributed by atoms with Gasteiger partial charge < -0.3 is 0 Å². The Bertz CT molecular complexity index is 233. The molecule has 0 N–H and O–H groups in total. The third kappa shape index (κ3) is 1.48. The van der Waals surface area contributed by atoms with Crippen molar-refractivity contribution in [3.63, 3.8) is 0 Å². The first-order valence-electron chi connectivity index (χ1n) is 3.35. The van der Waals surface area contributed by atoms with Crippen LogP contribution in [0, 0.1) is 10.5 Å². The normalized spacial score (nSPS) is 9.90. The third-order valence-electron chi connectivity index (χ3n) is 1.49. The van der Waals surface area contributed by atoms with Gasteiger partial charge >= 0.3 is 0 Å². The SMILES string of the molecule is CCc1nccc(C)c1I. The van der Waals surface area contributed by atoms with Crippen LogP contribution in [0.25, 0.3) is 0 Å². The molecule has 1 nitrogen and oxygen atoms in total. The molecule has 0 spiro atoms. The van der Waals surface area contributed by atoms with Gasteiger partial charge in [-0.05, 0) is 47.6 Å². The number of nitrogens with zero attached hydrogens (tertiary/aromatic N) is 1. The maximum absolute atomic E-state index is 4.25. The van der Waals surface area contributed by atoms with Gasteiger partial charge in [-0.1, -0.05) is 6.92 Å². The van der Waals surface area contributed by atoms with Crippen LogP contribution >= 0.6 is 22.6 Å². The predicted molar refractivity (Wildman–Crippen MR) is 51.1 cm³/mol. The second-order valence-electron chi connectivity index (χ2n) is 2.24. The zero-order chi connectivity index (χ0) is 7.56. The van der Waals surface area contributed by atoms with Crippen molar-refractivity contribution < 1.29 is 0 Å². The topological polar surface area (TPSA) is 12.9 Å². The van der Waals surface area contributed by atoms with E-state index in [0.717, 1.165) is 6.42 Å². The summed E-state index contributed by atoms with van der Waals surface area (Å²) < 4.78 is 1.31. The molecule has 10 heavy (non-hydrogen) atoms. The van der Waals surface area contributed by atoms with Gasteiger partial charge in [0.05, 0.1) is 5.69 Å². The lowest BCUT2D eigenvalue weighted by molar-refractivity contribution is 1.01. The smallest absolute Gasteiger partial charge is 0.0536 e. The maximum atomic E-state index is 4.25. The quantitative estimate of drug-likeness (QED) is 0.695. The summed E-state index contributed by atoms with van der Waals surface area (Å²) in [5.41, 5.74) is 2.54. The Morgan fingerprint density at radius 1 is 1.60 bits per heavy atom. The number of hydrogen-bond donors (Lipinski definition) is 0. The van der Waals surface area contributed by atoms with E-state index in [2.05, 4.69) is 41.4 Å². The van der Waals surface area contributed by atoms with E-state index < -0.39 is 0 Å². The summed E-state index contributed by atoms with van der Waals surface area (Å²) in [7, 11) is 0.